The Balaban J connectivity index is 2.90. The Kier molecular flexibility index (Phi) is 2.89. The van der Waals surface area contributed by atoms with Crippen LogP contribution in [0.3, 0.4) is 0 Å². The number of rotatable bonds is 2. The van der Waals surface area contributed by atoms with E-state index >= 15 is 0 Å². The van der Waals surface area contributed by atoms with Gasteiger partial charge >= 0.3 is 0 Å². The maximum absolute atomic E-state index is 4.63. The molecule has 4 heteroatoms. The van der Waals surface area contributed by atoms with E-state index in [-0.39, 0.29) is 0 Å². The zero-order chi connectivity index (χ0) is 12.7. The smallest absolute Gasteiger partial charge is 0.0932 e. The quantitative estimate of drug-likeness (QED) is 0.799. The summed E-state index contributed by atoms with van der Waals surface area (Å²) in [5.74, 6) is 0.770. The Bertz CT molecular complexity index is 552. The first-order valence-corrected chi connectivity index (χ1v) is 6.13. The molecule has 0 N–H and O–H groups in total. The van der Waals surface area contributed by atoms with E-state index < -0.39 is 0 Å². The molecule has 4 nitrogen and oxygen atoms in total. The Morgan fingerprint density at radius 1 is 0.941 bits per heavy atom. The van der Waals surface area contributed by atoms with E-state index in [2.05, 4.69) is 43.0 Å². The molecule has 0 aliphatic heterocycles. The van der Waals surface area contributed by atoms with E-state index in [1.165, 1.54) is 5.39 Å². The summed E-state index contributed by atoms with van der Waals surface area (Å²) in [7, 11) is 1.98. The topological polar surface area (TPSA) is 43.6 Å². The van der Waals surface area contributed by atoms with Crippen molar-refractivity contribution >= 4 is 10.9 Å². The Hall–Kier alpha value is -1.45. The Morgan fingerprint density at radius 2 is 1.53 bits per heavy atom. The van der Waals surface area contributed by atoms with Gasteiger partial charge in [-0.25, -0.2) is 0 Å². The number of aryl methyl sites for hydroxylation is 2. The minimum Gasteiger partial charge on any atom is -0.266 e. The highest BCUT2D eigenvalue weighted by molar-refractivity contribution is 5.86. The summed E-state index contributed by atoms with van der Waals surface area (Å²) in [6.07, 6.45) is 0. The third-order valence-electron chi connectivity index (χ3n) is 3.07. The summed E-state index contributed by atoms with van der Waals surface area (Å²) < 4.78 is 1.93. The molecule has 2 aromatic rings. The minimum absolute atomic E-state index is 0.368. The first-order chi connectivity index (χ1) is 7.93. The van der Waals surface area contributed by atoms with Crippen LogP contribution in [0.25, 0.3) is 10.9 Å². The number of fused-ring (bicyclic) bond motifs is 1. The second-order valence-electron chi connectivity index (χ2n) is 5.21. The standard InChI is InChI=1S/C13H20N4/c1-7(2)11-10-12(8(3)4)16-17(6)13(10)9(5)14-15-11/h7-8H,1-6H3. The van der Waals surface area contributed by atoms with Crippen molar-refractivity contribution in [1.82, 2.24) is 20.0 Å². The van der Waals surface area contributed by atoms with Crippen LogP contribution in [0.5, 0.6) is 0 Å². The van der Waals surface area contributed by atoms with E-state index in [9.17, 15) is 0 Å². The molecule has 0 radical (unpaired) electrons. The lowest BCUT2D eigenvalue weighted by atomic mass is 9.99. The van der Waals surface area contributed by atoms with Crippen molar-refractivity contribution in [2.24, 2.45) is 7.05 Å². The number of hydrogen-bond donors (Lipinski definition) is 0. The zero-order valence-electron chi connectivity index (χ0n) is 11.4. The third kappa shape index (κ3) is 1.81. The number of hydrogen-bond acceptors (Lipinski definition) is 3. The summed E-state index contributed by atoms with van der Waals surface area (Å²) in [5.41, 5.74) is 4.25. The average Bonchev–Trinajstić information content (AvgIpc) is 2.57. The predicted molar refractivity (Wildman–Crippen MR) is 69.2 cm³/mol. The molecule has 92 valence electrons. The fourth-order valence-electron chi connectivity index (χ4n) is 2.25. The molecule has 0 fully saturated rings. The van der Waals surface area contributed by atoms with Crippen molar-refractivity contribution < 1.29 is 0 Å². The normalized spacial score (nSPS) is 12.0. The average molecular weight is 232 g/mol. The van der Waals surface area contributed by atoms with Crippen molar-refractivity contribution in [3.8, 4) is 0 Å². The van der Waals surface area contributed by atoms with E-state index in [4.69, 9.17) is 0 Å². The van der Waals surface area contributed by atoms with Gasteiger partial charge in [0.2, 0.25) is 0 Å². The lowest BCUT2D eigenvalue weighted by Crippen LogP contribution is -2.01. The molecule has 2 rings (SSSR count). The van der Waals surface area contributed by atoms with E-state index in [1.807, 2.05) is 18.7 Å². The van der Waals surface area contributed by atoms with E-state index in [0.29, 0.717) is 11.8 Å². The van der Waals surface area contributed by atoms with Crippen molar-refractivity contribution in [2.45, 2.75) is 46.5 Å². The second kappa shape index (κ2) is 4.09. The van der Waals surface area contributed by atoms with Gasteiger partial charge in [-0.05, 0) is 18.8 Å². The summed E-state index contributed by atoms with van der Waals surface area (Å²) in [4.78, 5) is 0. The van der Waals surface area contributed by atoms with Crippen molar-refractivity contribution in [2.75, 3.05) is 0 Å². The molecule has 0 aliphatic carbocycles. The van der Waals surface area contributed by atoms with Crippen LogP contribution in [0.4, 0.5) is 0 Å². The van der Waals surface area contributed by atoms with Gasteiger partial charge in [0.1, 0.15) is 0 Å². The highest BCUT2D eigenvalue weighted by Gasteiger charge is 2.20. The molecular weight excluding hydrogens is 212 g/mol. The Morgan fingerprint density at radius 3 is 2.06 bits per heavy atom. The monoisotopic (exact) mass is 232 g/mol. The van der Waals surface area contributed by atoms with Gasteiger partial charge in [0.05, 0.1) is 22.6 Å². The van der Waals surface area contributed by atoms with Crippen LogP contribution >= 0.6 is 0 Å². The number of nitrogens with zero attached hydrogens (tertiary/aromatic N) is 4. The largest absolute Gasteiger partial charge is 0.266 e. The van der Waals surface area contributed by atoms with Crippen LogP contribution < -0.4 is 0 Å². The van der Waals surface area contributed by atoms with Crippen LogP contribution in [0.2, 0.25) is 0 Å². The highest BCUT2D eigenvalue weighted by Crippen LogP contribution is 2.30. The molecule has 0 saturated carbocycles. The van der Waals surface area contributed by atoms with Gasteiger partial charge in [-0.1, -0.05) is 27.7 Å². The van der Waals surface area contributed by atoms with Gasteiger partial charge in [0, 0.05) is 12.4 Å². The fraction of sp³-hybridized carbons (Fsp3) is 0.615. The lowest BCUT2D eigenvalue weighted by molar-refractivity contribution is 0.727. The first-order valence-electron chi connectivity index (χ1n) is 6.13. The molecule has 17 heavy (non-hydrogen) atoms. The summed E-state index contributed by atoms with van der Waals surface area (Å²) in [6.45, 7) is 10.6. The van der Waals surface area contributed by atoms with Crippen molar-refractivity contribution in [3.05, 3.63) is 17.1 Å². The third-order valence-corrected chi connectivity index (χ3v) is 3.07. The predicted octanol–water partition coefficient (Wildman–Crippen LogP) is 2.92. The maximum atomic E-state index is 4.63. The van der Waals surface area contributed by atoms with E-state index in [0.717, 1.165) is 22.6 Å². The molecule has 0 spiro atoms. The maximum Gasteiger partial charge on any atom is 0.0932 e. The fourth-order valence-corrected chi connectivity index (χ4v) is 2.25. The van der Waals surface area contributed by atoms with Gasteiger partial charge in [-0.3, -0.25) is 4.68 Å². The molecule has 0 unspecified atom stereocenters. The molecule has 0 aromatic carbocycles. The van der Waals surface area contributed by atoms with Crippen molar-refractivity contribution in [3.63, 3.8) is 0 Å². The van der Waals surface area contributed by atoms with Crippen LogP contribution in [0, 0.1) is 6.92 Å². The minimum atomic E-state index is 0.368. The molecule has 2 heterocycles. The zero-order valence-corrected chi connectivity index (χ0v) is 11.4. The van der Waals surface area contributed by atoms with Crippen molar-refractivity contribution in [1.29, 1.82) is 0 Å². The SMILES string of the molecule is Cc1nnc(C(C)C)c2c(C(C)C)nn(C)c12. The molecule has 0 bridgehead atoms. The molecular formula is C13H20N4. The second-order valence-corrected chi connectivity index (χ2v) is 5.21. The highest BCUT2D eigenvalue weighted by atomic mass is 15.3. The van der Waals surface area contributed by atoms with Gasteiger partial charge in [0.15, 0.2) is 0 Å². The molecule has 0 atom stereocenters. The lowest BCUT2D eigenvalue weighted by Gasteiger charge is -2.09. The first kappa shape index (κ1) is 12.0. The molecule has 0 aliphatic rings. The summed E-state index contributed by atoms with van der Waals surface area (Å²) in [6, 6.07) is 0. The number of aromatic nitrogens is 4. The van der Waals surface area contributed by atoms with Crippen LogP contribution in [0.1, 0.15) is 56.6 Å². The van der Waals surface area contributed by atoms with Gasteiger partial charge in [-0.15, -0.1) is 0 Å². The Labute approximate surface area is 102 Å². The molecule has 2 aromatic heterocycles. The van der Waals surface area contributed by atoms with Gasteiger partial charge in [0.25, 0.3) is 0 Å². The van der Waals surface area contributed by atoms with Crippen LogP contribution in [-0.2, 0) is 7.05 Å². The van der Waals surface area contributed by atoms with Crippen LogP contribution in [0.15, 0.2) is 0 Å². The van der Waals surface area contributed by atoms with Gasteiger partial charge < -0.3 is 0 Å². The van der Waals surface area contributed by atoms with E-state index in [1.54, 1.807) is 0 Å². The van der Waals surface area contributed by atoms with Crippen LogP contribution in [-0.4, -0.2) is 20.0 Å². The van der Waals surface area contributed by atoms with Gasteiger partial charge in [-0.2, -0.15) is 15.3 Å². The molecule has 0 amide bonds. The molecule has 0 saturated heterocycles. The summed E-state index contributed by atoms with van der Waals surface area (Å²) in [5, 5.41) is 14.4. The summed E-state index contributed by atoms with van der Waals surface area (Å²) >= 11 is 0.